The van der Waals surface area contributed by atoms with Gasteiger partial charge in [0, 0.05) is 12.8 Å². The summed E-state index contributed by atoms with van der Waals surface area (Å²) in [7, 11) is 0. The van der Waals surface area contributed by atoms with E-state index in [2.05, 4.69) is 0 Å². The number of ether oxygens (including phenoxy) is 1. The van der Waals surface area contributed by atoms with Gasteiger partial charge in [0.2, 0.25) is 5.60 Å². The number of aliphatic carboxylic acids is 2. The van der Waals surface area contributed by atoms with E-state index in [0.29, 0.717) is 5.75 Å². The Balaban J connectivity index is 2.28. The number of carboxylic acid groups (broad SMARTS) is 2. The van der Waals surface area contributed by atoms with Gasteiger partial charge >= 0.3 is 11.9 Å². The Bertz CT molecular complexity index is 474. The molecule has 4 N–H and O–H groups in total. The van der Waals surface area contributed by atoms with E-state index in [1.807, 2.05) is 0 Å². The Morgan fingerprint density at radius 2 is 2.06 bits per heavy atom. The van der Waals surface area contributed by atoms with Crippen LogP contribution in [-0.2, 0) is 16.0 Å². The van der Waals surface area contributed by atoms with Crippen molar-refractivity contribution >= 4 is 11.9 Å². The maximum atomic E-state index is 11.4. The average molecular weight is 251 g/mol. The van der Waals surface area contributed by atoms with Crippen molar-refractivity contribution in [2.75, 3.05) is 0 Å². The van der Waals surface area contributed by atoms with Crippen LogP contribution in [-0.4, -0.2) is 33.8 Å². The largest absolute Gasteiger partial charge is 0.480 e. The predicted molar refractivity (Wildman–Crippen MR) is 61.4 cm³/mol. The molecule has 0 radical (unpaired) electrons. The fourth-order valence-electron chi connectivity index (χ4n) is 2.07. The van der Waals surface area contributed by atoms with Crippen LogP contribution in [0.3, 0.4) is 0 Å². The molecule has 1 aliphatic rings. The molecule has 6 nitrogen and oxygen atoms in total. The van der Waals surface area contributed by atoms with Crippen molar-refractivity contribution in [2.24, 2.45) is 5.73 Å². The molecule has 0 aliphatic carbocycles. The molecule has 0 fully saturated rings. The number of carbonyl (C=O) groups is 2. The van der Waals surface area contributed by atoms with Gasteiger partial charge in [-0.15, -0.1) is 0 Å². The molecule has 1 aromatic carbocycles. The van der Waals surface area contributed by atoms with Gasteiger partial charge in [0.15, 0.2) is 0 Å². The summed E-state index contributed by atoms with van der Waals surface area (Å²) in [6.07, 6.45) is -0.147. The topological polar surface area (TPSA) is 110 Å². The van der Waals surface area contributed by atoms with Crippen LogP contribution in [0, 0.1) is 0 Å². The van der Waals surface area contributed by atoms with Crippen molar-refractivity contribution in [3.05, 3.63) is 29.8 Å². The minimum absolute atomic E-state index is 0.124. The monoisotopic (exact) mass is 251 g/mol. The summed E-state index contributed by atoms with van der Waals surface area (Å²) in [6, 6.07) is 5.65. The molecule has 0 aromatic heterocycles. The van der Waals surface area contributed by atoms with Crippen molar-refractivity contribution < 1.29 is 24.5 Å². The van der Waals surface area contributed by atoms with E-state index >= 15 is 0 Å². The van der Waals surface area contributed by atoms with Crippen molar-refractivity contribution in [1.82, 2.24) is 0 Å². The Morgan fingerprint density at radius 3 is 2.61 bits per heavy atom. The van der Waals surface area contributed by atoms with Gasteiger partial charge in [-0.2, -0.15) is 0 Å². The molecule has 1 heterocycles. The maximum Gasteiger partial charge on any atom is 0.348 e. The number of hydrogen-bond donors (Lipinski definition) is 3. The molecule has 1 aliphatic heterocycles. The second-order valence-electron chi connectivity index (χ2n) is 4.33. The highest BCUT2D eigenvalue weighted by Gasteiger charge is 2.48. The number of benzene rings is 1. The molecule has 18 heavy (non-hydrogen) atoms. The van der Waals surface area contributed by atoms with Crippen LogP contribution in [0.2, 0.25) is 0 Å². The Labute approximate surface area is 103 Å². The third kappa shape index (κ3) is 2.02. The summed E-state index contributed by atoms with van der Waals surface area (Å²) in [4.78, 5) is 22.1. The number of rotatable bonds is 4. The molecule has 2 rings (SSSR count). The Morgan fingerprint density at radius 1 is 1.39 bits per heavy atom. The van der Waals surface area contributed by atoms with Crippen molar-refractivity contribution in [1.29, 1.82) is 0 Å². The highest BCUT2D eigenvalue weighted by atomic mass is 16.5. The SMILES string of the molecule is N[C@@H](C[C@]1(C(=O)O)Cc2ccccc2O1)C(=O)O. The standard InChI is InChI=1S/C12H13NO5/c13-8(10(14)15)6-12(11(16)17)5-7-3-1-2-4-9(7)18-12/h1-4,8H,5-6,13H2,(H,14,15)(H,16,17)/t8-,12-/m0/s1. The Hall–Kier alpha value is -2.08. The van der Waals surface area contributed by atoms with Gasteiger partial charge < -0.3 is 20.7 Å². The number of para-hydroxylation sites is 1. The molecule has 0 saturated heterocycles. The first kappa shape index (κ1) is 12.4. The van der Waals surface area contributed by atoms with E-state index in [1.165, 1.54) is 0 Å². The molecule has 0 amide bonds. The first-order valence-electron chi connectivity index (χ1n) is 5.43. The van der Waals surface area contributed by atoms with E-state index in [4.69, 9.17) is 15.6 Å². The van der Waals surface area contributed by atoms with Crippen molar-refractivity contribution in [3.63, 3.8) is 0 Å². The number of carboxylic acids is 2. The first-order chi connectivity index (χ1) is 8.44. The van der Waals surface area contributed by atoms with Crippen LogP contribution >= 0.6 is 0 Å². The average Bonchev–Trinajstić information content (AvgIpc) is 2.68. The number of fused-ring (bicyclic) bond motifs is 1. The molecule has 0 unspecified atom stereocenters. The van der Waals surface area contributed by atoms with Crippen LogP contribution in [0.4, 0.5) is 0 Å². The summed E-state index contributed by atoms with van der Waals surface area (Å²) in [5.41, 5.74) is 4.58. The van der Waals surface area contributed by atoms with E-state index < -0.39 is 23.6 Å². The molecule has 2 atom stereocenters. The lowest BCUT2D eigenvalue weighted by Crippen LogP contribution is -2.50. The minimum Gasteiger partial charge on any atom is -0.480 e. The quantitative estimate of drug-likeness (QED) is 0.707. The molecular formula is C12H13NO5. The second-order valence-corrected chi connectivity index (χ2v) is 4.33. The van der Waals surface area contributed by atoms with Crippen molar-refractivity contribution in [2.45, 2.75) is 24.5 Å². The summed E-state index contributed by atoms with van der Waals surface area (Å²) in [6.45, 7) is 0. The number of hydrogen-bond acceptors (Lipinski definition) is 4. The normalized spacial score (nSPS) is 22.9. The highest BCUT2D eigenvalue weighted by Crippen LogP contribution is 2.37. The zero-order valence-electron chi connectivity index (χ0n) is 9.50. The third-order valence-corrected chi connectivity index (χ3v) is 3.01. The molecule has 96 valence electrons. The fourth-order valence-corrected chi connectivity index (χ4v) is 2.07. The molecular weight excluding hydrogens is 238 g/mol. The molecule has 0 bridgehead atoms. The lowest BCUT2D eigenvalue weighted by Gasteiger charge is -2.25. The fraction of sp³-hybridized carbons (Fsp3) is 0.333. The van der Waals surface area contributed by atoms with Crippen LogP contribution in [0.25, 0.3) is 0 Å². The minimum atomic E-state index is -1.58. The molecule has 0 spiro atoms. The van der Waals surface area contributed by atoms with Crippen LogP contribution in [0.1, 0.15) is 12.0 Å². The zero-order valence-corrected chi connectivity index (χ0v) is 9.50. The molecule has 1 aromatic rings. The van der Waals surface area contributed by atoms with Crippen LogP contribution < -0.4 is 10.5 Å². The van der Waals surface area contributed by atoms with Gasteiger partial charge in [-0.25, -0.2) is 4.79 Å². The smallest absolute Gasteiger partial charge is 0.348 e. The van der Waals surface area contributed by atoms with Crippen LogP contribution in [0.5, 0.6) is 5.75 Å². The summed E-state index contributed by atoms with van der Waals surface area (Å²) in [5.74, 6) is -1.97. The maximum absolute atomic E-state index is 11.4. The summed E-state index contributed by atoms with van der Waals surface area (Å²) < 4.78 is 5.43. The molecule has 0 saturated carbocycles. The summed E-state index contributed by atoms with van der Waals surface area (Å²) >= 11 is 0. The van der Waals surface area contributed by atoms with Gasteiger partial charge in [-0.05, 0) is 11.6 Å². The molecule has 6 heteroatoms. The van der Waals surface area contributed by atoms with Crippen molar-refractivity contribution in [3.8, 4) is 5.75 Å². The Kier molecular flexibility index (Phi) is 2.96. The zero-order chi connectivity index (χ0) is 13.3. The first-order valence-corrected chi connectivity index (χ1v) is 5.43. The van der Waals surface area contributed by atoms with Gasteiger partial charge in [-0.3, -0.25) is 4.79 Å². The second kappa shape index (κ2) is 4.30. The van der Waals surface area contributed by atoms with E-state index in [0.717, 1.165) is 5.56 Å². The van der Waals surface area contributed by atoms with Gasteiger partial charge in [-0.1, -0.05) is 18.2 Å². The van der Waals surface area contributed by atoms with E-state index in [1.54, 1.807) is 24.3 Å². The highest BCUT2D eigenvalue weighted by molar-refractivity contribution is 5.82. The lowest BCUT2D eigenvalue weighted by molar-refractivity contribution is -0.156. The van der Waals surface area contributed by atoms with Gasteiger partial charge in [0.1, 0.15) is 11.8 Å². The lowest BCUT2D eigenvalue weighted by atomic mass is 9.90. The van der Waals surface area contributed by atoms with Gasteiger partial charge in [0.05, 0.1) is 0 Å². The summed E-state index contributed by atoms with van der Waals surface area (Å²) in [5, 5.41) is 18.1. The van der Waals surface area contributed by atoms with Crippen LogP contribution in [0.15, 0.2) is 24.3 Å². The third-order valence-electron chi connectivity index (χ3n) is 3.01. The van der Waals surface area contributed by atoms with Gasteiger partial charge in [0.25, 0.3) is 0 Å². The van der Waals surface area contributed by atoms with E-state index in [9.17, 15) is 14.7 Å². The van der Waals surface area contributed by atoms with E-state index in [-0.39, 0.29) is 12.8 Å². The number of nitrogens with two attached hydrogens (primary N) is 1. The predicted octanol–water partition coefficient (Wildman–Crippen LogP) is 0.247.